The number of aryl methyl sites for hydroxylation is 1. The number of rotatable bonds is 5. The number of ether oxygens (including phenoxy) is 1. The van der Waals surface area contributed by atoms with Gasteiger partial charge in [0.15, 0.2) is 0 Å². The fourth-order valence-corrected chi connectivity index (χ4v) is 3.12. The summed E-state index contributed by atoms with van der Waals surface area (Å²) < 4.78 is 6.13. The normalized spacial score (nSPS) is 10.6. The zero-order valence-corrected chi connectivity index (χ0v) is 19.1. The van der Waals surface area contributed by atoms with E-state index >= 15 is 0 Å². The molecule has 0 heterocycles. The van der Waals surface area contributed by atoms with Crippen molar-refractivity contribution in [2.45, 2.75) is 6.92 Å². The van der Waals surface area contributed by atoms with Crippen LogP contribution >= 0.6 is 27.5 Å². The van der Waals surface area contributed by atoms with Crippen LogP contribution < -0.4 is 15.5 Å². The van der Waals surface area contributed by atoms with Crippen molar-refractivity contribution in [2.24, 2.45) is 5.10 Å². The van der Waals surface area contributed by atoms with Gasteiger partial charge in [-0.2, -0.15) is 5.10 Å². The lowest BCUT2D eigenvalue weighted by molar-refractivity contribution is -0.136. The first-order chi connectivity index (χ1) is 15.3. The van der Waals surface area contributed by atoms with Crippen LogP contribution in [0.4, 0.5) is 5.69 Å². The van der Waals surface area contributed by atoms with Crippen LogP contribution in [0.2, 0.25) is 5.02 Å². The SMILES string of the molecule is Cc1ccc(NC(=O)C(=O)NN=Cc2cc(Br)ccc2OC(=O)c2ccccc2Cl)cc1. The molecule has 0 saturated heterocycles. The van der Waals surface area contributed by atoms with Crippen LogP contribution in [0.1, 0.15) is 21.5 Å². The topological polar surface area (TPSA) is 96.9 Å². The Kier molecular flexibility index (Phi) is 7.75. The van der Waals surface area contributed by atoms with Gasteiger partial charge in [0.1, 0.15) is 5.75 Å². The van der Waals surface area contributed by atoms with Crippen LogP contribution in [-0.2, 0) is 9.59 Å². The van der Waals surface area contributed by atoms with E-state index in [1.165, 1.54) is 6.21 Å². The van der Waals surface area contributed by atoms with Gasteiger partial charge in [0, 0.05) is 15.7 Å². The molecule has 3 rings (SSSR count). The molecule has 0 aliphatic rings. The third kappa shape index (κ3) is 6.26. The van der Waals surface area contributed by atoms with Crippen LogP contribution in [0.25, 0.3) is 0 Å². The Morgan fingerprint density at radius 2 is 1.72 bits per heavy atom. The van der Waals surface area contributed by atoms with E-state index in [9.17, 15) is 14.4 Å². The molecule has 162 valence electrons. The number of anilines is 1. The quantitative estimate of drug-likeness (QED) is 0.169. The van der Waals surface area contributed by atoms with Crippen molar-refractivity contribution in [3.05, 3.63) is 92.9 Å². The first-order valence-electron chi connectivity index (χ1n) is 9.31. The lowest BCUT2D eigenvalue weighted by atomic mass is 10.2. The highest BCUT2D eigenvalue weighted by Gasteiger charge is 2.15. The number of amides is 2. The number of hydrazone groups is 1. The van der Waals surface area contributed by atoms with E-state index in [1.807, 2.05) is 19.1 Å². The van der Waals surface area contributed by atoms with Gasteiger partial charge in [0.2, 0.25) is 0 Å². The zero-order valence-electron chi connectivity index (χ0n) is 16.8. The number of benzene rings is 3. The predicted molar refractivity (Wildman–Crippen MR) is 126 cm³/mol. The highest BCUT2D eigenvalue weighted by Crippen LogP contribution is 2.24. The molecule has 0 aliphatic heterocycles. The summed E-state index contributed by atoms with van der Waals surface area (Å²) in [5, 5.41) is 6.53. The molecule has 0 radical (unpaired) electrons. The maximum Gasteiger partial charge on any atom is 0.345 e. The summed E-state index contributed by atoms with van der Waals surface area (Å²) in [6.45, 7) is 1.91. The number of hydrogen-bond donors (Lipinski definition) is 2. The summed E-state index contributed by atoms with van der Waals surface area (Å²) in [6, 6.07) is 18.4. The molecule has 9 heteroatoms. The molecule has 0 spiro atoms. The molecule has 0 fully saturated rings. The van der Waals surface area contributed by atoms with Crippen LogP contribution in [0.3, 0.4) is 0 Å². The van der Waals surface area contributed by atoms with E-state index in [1.54, 1.807) is 54.6 Å². The lowest BCUT2D eigenvalue weighted by Gasteiger charge is -2.09. The van der Waals surface area contributed by atoms with Crippen LogP contribution in [0.5, 0.6) is 5.75 Å². The van der Waals surface area contributed by atoms with Gasteiger partial charge in [-0.05, 0) is 49.4 Å². The maximum absolute atomic E-state index is 12.5. The molecule has 0 aliphatic carbocycles. The number of nitrogens with zero attached hydrogens (tertiary/aromatic N) is 1. The molecule has 32 heavy (non-hydrogen) atoms. The van der Waals surface area contributed by atoms with E-state index in [4.69, 9.17) is 16.3 Å². The van der Waals surface area contributed by atoms with E-state index in [-0.39, 0.29) is 16.3 Å². The molecule has 3 aromatic rings. The second-order valence-corrected chi connectivity index (χ2v) is 7.89. The summed E-state index contributed by atoms with van der Waals surface area (Å²) in [7, 11) is 0. The van der Waals surface area contributed by atoms with Crippen LogP contribution in [-0.4, -0.2) is 24.0 Å². The Morgan fingerprint density at radius 3 is 2.44 bits per heavy atom. The van der Waals surface area contributed by atoms with E-state index in [0.29, 0.717) is 15.7 Å². The minimum atomic E-state index is -0.952. The fourth-order valence-electron chi connectivity index (χ4n) is 2.53. The molecular formula is C23H17BrClN3O4. The monoisotopic (exact) mass is 513 g/mol. The van der Waals surface area contributed by atoms with Gasteiger partial charge < -0.3 is 10.1 Å². The van der Waals surface area contributed by atoms with Gasteiger partial charge in [-0.1, -0.05) is 57.4 Å². The number of nitrogens with one attached hydrogen (secondary N) is 2. The summed E-state index contributed by atoms with van der Waals surface area (Å²) in [4.78, 5) is 36.5. The molecule has 0 unspecified atom stereocenters. The average molecular weight is 515 g/mol. The molecular weight excluding hydrogens is 498 g/mol. The van der Waals surface area contributed by atoms with Gasteiger partial charge in [0.25, 0.3) is 0 Å². The summed E-state index contributed by atoms with van der Waals surface area (Å²) in [6.07, 6.45) is 1.26. The van der Waals surface area contributed by atoms with Crippen LogP contribution in [0.15, 0.2) is 76.3 Å². The van der Waals surface area contributed by atoms with Crippen molar-refractivity contribution in [3.63, 3.8) is 0 Å². The Balaban J connectivity index is 1.67. The summed E-state index contributed by atoms with van der Waals surface area (Å²) in [5.41, 5.74) is 4.25. The number of halogens is 2. The van der Waals surface area contributed by atoms with Gasteiger partial charge in [-0.3, -0.25) is 9.59 Å². The minimum Gasteiger partial charge on any atom is -0.422 e. The van der Waals surface area contributed by atoms with Gasteiger partial charge in [-0.25, -0.2) is 10.2 Å². The average Bonchev–Trinajstić information content (AvgIpc) is 2.77. The lowest BCUT2D eigenvalue weighted by Crippen LogP contribution is -2.32. The van der Waals surface area contributed by atoms with Gasteiger partial charge in [-0.15, -0.1) is 0 Å². The Morgan fingerprint density at radius 1 is 1.00 bits per heavy atom. The predicted octanol–water partition coefficient (Wildman–Crippen LogP) is 4.72. The third-order valence-corrected chi connectivity index (χ3v) is 4.98. The van der Waals surface area contributed by atoms with Crippen molar-refractivity contribution in [1.82, 2.24) is 5.43 Å². The Hall–Kier alpha value is -3.49. The van der Waals surface area contributed by atoms with Gasteiger partial charge >= 0.3 is 17.8 Å². The number of esters is 1. The molecule has 2 N–H and O–H groups in total. The first kappa shape index (κ1) is 23.2. The molecule has 0 aromatic heterocycles. The van der Waals surface area contributed by atoms with Gasteiger partial charge in [0.05, 0.1) is 16.8 Å². The highest BCUT2D eigenvalue weighted by atomic mass is 79.9. The highest BCUT2D eigenvalue weighted by molar-refractivity contribution is 9.10. The van der Waals surface area contributed by atoms with Crippen molar-refractivity contribution in [1.29, 1.82) is 0 Å². The van der Waals surface area contributed by atoms with Crippen LogP contribution in [0, 0.1) is 6.92 Å². The van der Waals surface area contributed by atoms with Crippen molar-refractivity contribution < 1.29 is 19.1 Å². The largest absolute Gasteiger partial charge is 0.422 e. The van der Waals surface area contributed by atoms with Crippen molar-refractivity contribution in [3.8, 4) is 5.75 Å². The fraction of sp³-hybridized carbons (Fsp3) is 0.0435. The maximum atomic E-state index is 12.5. The Bertz CT molecular complexity index is 1200. The van der Waals surface area contributed by atoms with Crippen molar-refractivity contribution >= 4 is 57.2 Å². The minimum absolute atomic E-state index is 0.195. The second kappa shape index (κ2) is 10.7. The molecule has 0 atom stereocenters. The third-order valence-electron chi connectivity index (χ3n) is 4.15. The number of carbonyl (C=O) groups is 3. The number of hydrogen-bond acceptors (Lipinski definition) is 5. The molecule has 0 bridgehead atoms. The molecule has 2 amide bonds. The molecule has 7 nitrogen and oxygen atoms in total. The smallest absolute Gasteiger partial charge is 0.345 e. The molecule has 3 aromatic carbocycles. The van der Waals surface area contributed by atoms with Crippen molar-refractivity contribution in [2.75, 3.05) is 5.32 Å². The zero-order chi connectivity index (χ0) is 23.1. The summed E-state index contributed by atoms with van der Waals surface area (Å²) >= 11 is 9.37. The molecule has 0 saturated carbocycles. The van der Waals surface area contributed by atoms with E-state index in [0.717, 1.165) is 5.56 Å². The van der Waals surface area contributed by atoms with E-state index < -0.39 is 17.8 Å². The van der Waals surface area contributed by atoms with E-state index in [2.05, 4.69) is 31.8 Å². The Labute approximate surface area is 197 Å². The number of carbonyl (C=O) groups excluding carboxylic acids is 3. The standard InChI is InChI=1S/C23H17BrClN3O4/c1-14-6-9-17(10-7-14)27-21(29)22(30)28-26-13-15-12-16(24)8-11-20(15)32-23(31)18-4-2-3-5-19(18)25/h2-13H,1H3,(H,27,29)(H,28,30). The second-order valence-electron chi connectivity index (χ2n) is 6.57. The summed E-state index contributed by atoms with van der Waals surface area (Å²) in [5.74, 6) is -2.27. The first-order valence-corrected chi connectivity index (χ1v) is 10.5.